The second-order valence-electron chi connectivity index (χ2n) is 8.13. The molecule has 0 spiro atoms. The highest BCUT2D eigenvalue weighted by molar-refractivity contribution is 5.84. The van der Waals surface area contributed by atoms with Gasteiger partial charge in [0.2, 0.25) is 0 Å². The number of aryl methyl sites for hydroxylation is 1. The third-order valence-corrected chi connectivity index (χ3v) is 6.09. The van der Waals surface area contributed by atoms with Crippen molar-refractivity contribution in [2.45, 2.75) is 32.4 Å². The second-order valence-corrected chi connectivity index (χ2v) is 8.13. The molecule has 0 N–H and O–H groups in total. The lowest BCUT2D eigenvalue weighted by atomic mass is 9.85. The van der Waals surface area contributed by atoms with Crippen LogP contribution in [-0.2, 0) is 13.6 Å². The summed E-state index contributed by atoms with van der Waals surface area (Å²) in [5.41, 5.74) is 2.74. The van der Waals surface area contributed by atoms with Gasteiger partial charge in [-0.25, -0.2) is 0 Å². The molecule has 28 heavy (non-hydrogen) atoms. The van der Waals surface area contributed by atoms with Gasteiger partial charge in [-0.2, -0.15) is 5.10 Å². The number of benzene rings is 1. The minimum absolute atomic E-state index is 0.464. The number of likely N-dealkylation sites (tertiary alicyclic amines) is 1. The van der Waals surface area contributed by atoms with Gasteiger partial charge in [-0.1, -0.05) is 25.1 Å². The lowest BCUT2D eigenvalue weighted by Crippen LogP contribution is -2.42. The summed E-state index contributed by atoms with van der Waals surface area (Å²) in [5.74, 6) is 0.625. The molecule has 0 unspecified atom stereocenters. The van der Waals surface area contributed by atoms with Crippen molar-refractivity contribution in [2.75, 3.05) is 26.7 Å². The maximum Gasteiger partial charge on any atom is 0.0537 e. The van der Waals surface area contributed by atoms with Crippen LogP contribution >= 0.6 is 0 Å². The molecule has 3 heterocycles. The van der Waals surface area contributed by atoms with Crippen molar-refractivity contribution >= 4 is 10.8 Å². The van der Waals surface area contributed by atoms with E-state index in [0.717, 1.165) is 19.6 Å². The SMILES string of the molecule is CCN1CCC[C@@H](CN(C)Cc2cccc3cnccc23)[C@@H]1c1cnn(C)c1. The number of hydrogen-bond acceptors (Lipinski definition) is 4. The number of aromatic nitrogens is 3. The van der Waals surface area contributed by atoms with Crippen LogP contribution in [0.4, 0.5) is 0 Å². The van der Waals surface area contributed by atoms with Crippen molar-refractivity contribution in [1.29, 1.82) is 0 Å². The first-order chi connectivity index (χ1) is 13.7. The highest BCUT2D eigenvalue weighted by Crippen LogP contribution is 2.36. The van der Waals surface area contributed by atoms with Crippen LogP contribution in [0.2, 0.25) is 0 Å². The molecule has 0 amide bonds. The van der Waals surface area contributed by atoms with Crippen LogP contribution in [-0.4, -0.2) is 51.2 Å². The van der Waals surface area contributed by atoms with E-state index in [2.05, 4.69) is 70.5 Å². The molecule has 5 nitrogen and oxygen atoms in total. The molecule has 2 atom stereocenters. The van der Waals surface area contributed by atoms with Crippen molar-refractivity contribution in [3.63, 3.8) is 0 Å². The molecule has 1 saturated heterocycles. The molecule has 5 heteroatoms. The van der Waals surface area contributed by atoms with E-state index in [-0.39, 0.29) is 0 Å². The number of hydrogen-bond donors (Lipinski definition) is 0. The Morgan fingerprint density at radius 1 is 1.21 bits per heavy atom. The Balaban J connectivity index is 1.52. The number of nitrogens with zero attached hydrogens (tertiary/aromatic N) is 5. The summed E-state index contributed by atoms with van der Waals surface area (Å²) in [5, 5.41) is 6.98. The smallest absolute Gasteiger partial charge is 0.0537 e. The first kappa shape index (κ1) is 19.1. The van der Waals surface area contributed by atoms with E-state index >= 15 is 0 Å². The molecule has 0 saturated carbocycles. The summed E-state index contributed by atoms with van der Waals surface area (Å²) >= 11 is 0. The van der Waals surface area contributed by atoms with Crippen LogP contribution in [0.25, 0.3) is 10.8 Å². The Morgan fingerprint density at radius 2 is 2.11 bits per heavy atom. The molecule has 0 aliphatic carbocycles. The lowest BCUT2D eigenvalue weighted by Gasteiger charge is -2.42. The fourth-order valence-electron chi connectivity index (χ4n) is 4.86. The van der Waals surface area contributed by atoms with Gasteiger partial charge in [0.05, 0.1) is 6.20 Å². The Hall–Kier alpha value is -2.24. The minimum Gasteiger partial charge on any atom is -0.302 e. The summed E-state index contributed by atoms with van der Waals surface area (Å²) in [4.78, 5) is 9.38. The van der Waals surface area contributed by atoms with E-state index in [4.69, 9.17) is 0 Å². The molecule has 0 radical (unpaired) electrons. The number of rotatable bonds is 6. The number of fused-ring (bicyclic) bond motifs is 1. The van der Waals surface area contributed by atoms with Crippen molar-refractivity contribution in [3.8, 4) is 0 Å². The topological polar surface area (TPSA) is 37.2 Å². The van der Waals surface area contributed by atoms with Crippen LogP contribution in [0.15, 0.2) is 49.1 Å². The van der Waals surface area contributed by atoms with Gasteiger partial charge in [0.25, 0.3) is 0 Å². The number of pyridine rings is 1. The van der Waals surface area contributed by atoms with E-state index in [0.29, 0.717) is 12.0 Å². The highest BCUT2D eigenvalue weighted by Gasteiger charge is 2.33. The largest absolute Gasteiger partial charge is 0.302 e. The standard InChI is InChI=1S/C23H31N5/c1-4-28-12-6-9-20(23(28)21-14-25-27(3)17-21)16-26(2)15-19-8-5-7-18-13-24-11-10-22(18)19/h5,7-8,10-11,13-14,17,20,23H,4,6,9,12,15-16H2,1-3H3/t20-,23+/m0/s1. The molecule has 1 fully saturated rings. The predicted molar refractivity (Wildman–Crippen MR) is 114 cm³/mol. The number of piperidine rings is 1. The Labute approximate surface area is 168 Å². The van der Waals surface area contributed by atoms with Crippen LogP contribution in [0.5, 0.6) is 0 Å². The Bertz CT molecular complexity index is 913. The minimum atomic E-state index is 0.464. The molecule has 4 rings (SSSR count). The fraction of sp³-hybridized carbons (Fsp3) is 0.478. The quantitative estimate of drug-likeness (QED) is 0.653. The zero-order valence-corrected chi connectivity index (χ0v) is 17.3. The molecule has 1 aliphatic heterocycles. The van der Waals surface area contributed by atoms with Gasteiger partial charge in [-0.05, 0) is 55.9 Å². The fourth-order valence-corrected chi connectivity index (χ4v) is 4.86. The third-order valence-electron chi connectivity index (χ3n) is 6.09. The zero-order chi connectivity index (χ0) is 19.5. The van der Waals surface area contributed by atoms with Gasteiger partial charge in [-0.3, -0.25) is 14.6 Å². The summed E-state index contributed by atoms with van der Waals surface area (Å²) in [7, 11) is 4.27. The second kappa shape index (κ2) is 8.41. The van der Waals surface area contributed by atoms with Crippen LogP contribution in [0.1, 0.15) is 36.9 Å². The summed E-state index contributed by atoms with van der Waals surface area (Å²) in [6.07, 6.45) is 10.7. The summed E-state index contributed by atoms with van der Waals surface area (Å²) < 4.78 is 1.93. The van der Waals surface area contributed by atoms with Gasteiger partial charge in [0.15, 0.2) is 0 Å². The average Bonchev–Trinajstić information content (AvgIpc) is 3.14. The van der Waals surface area contributed by atoms with Crippen LogP contribution in [0.3, 0.4) is 0 Å². The summed E-state index contributed by atoms with van der Waals surface area (Å²) in [6.45, 7) is 6.61. The van der Waals surface area contributed by atoms with E-state index in [1.54, 1.807) is 0 Å². The highest BCUT2D eigenvalue weighted by atomic mass is 15.3. The van der Waals surface area contributed by atoms with E-state index in [9.17, 15) is 0 Å². The van der Waals surface area contributed by atoms with E-state index in [1.165, 1.54) is 41.3 Å². The molecular weight excluding hydrogens is 346 g/mol. The molecular formula is C23H31N5. The Kier molecular flexibility index (Phi) is 5.74. The monoisotopic (exact) mass is 377 g/mol. The molecule has 0 bridgehead atoms. The van der Waals surface area contributed by atoms with E-state index in [1.807, 2.05) is 24.1 Å². The first-order valence-electron chi connectivity index (χ1n) is 10.4. The molecule has 148 valence electrons. The first-order valence-corrected chi connectivity index (χ1v) is 10.4. The van der Waals surface area contributed by atoms with Crippen molar-refractivity contribution in [3.05, 3.63) is 60.2 Å². The lowest BCUT2D eigenvalue weighted by molar-refractivity contribution is 0.0750. The van der Waals surface area contributed by atoms with Gasteiger partial charge in [-0.15, -0.1) is 0 Å². The zero-order valence-electron chi connectivity index (χ0n) is 17.3. The van der Waals surface area contributed by atoms with Crippen molar-refractivity contribution in [2.24, 2.45) is 13.0 Å². The van der Waals surface area contributed by atoms with Gasteiger partial charge in [0, 0.05) is 55.7 Å². The average molecular weight is 378 g/mol. The van der Waals surface area contributed by atoms with Gasteiger partial charge < -0.3 is 4.90 Å². The molecule has 3 aromatic rings. The predicted octanol–water partition coefficient (Wildman–Crippen LogP) is 3.87. The maximum absolute atomic E-state index is 4.45. The molecule has 2 aromatic heterocycles. The van der Waals surface area contributed by atoms with Gasteiger partial charge in [0.1, 0.15) is 0 Å². The normalized spacial score (nSPS) is 20.9. The van der Waals surface area contributed by atoms with Gasteiger partial charge >= 0.3 is 0 Å². The van der Waals surface area contributed by atoms with Crippen molar-refractivity contribution in [1.82, 2.24) is 24.6 Å². The maximum atomic E-state index is 4.45. The Morgan fingerprint density at radius 3 is 2.89 bits per heavy atom. The van der Waals surface area contributed by atoms with Crippen LogP contribution < -0.4 is 0 Å². The van der Waals surface area contributed by atoms with E-state index < -0.39 is 0 Å². The molecule has 1 aliphatic rings. The summed E-state index contributed by atoms with van der Waals surface area (Å²) in [6, 6.07) is 9.13. The van der Waals surface area contributed by atoms with Crippen LogP contribution in [0, 0.1) is 5.92 Å². The third kappa shape index (κ3) is 3.96. The van der Waals surface area contributed by atoms with Crippen molar-refractivity contribution < 1.29 is 0 Å². The molecule has 1 aromatic carbocycles.